The number of anilines is 2. The first kappa shape index (κ1) is 16.7. The second-order valence-corrected chi connectivity index (χ2v) is 6.35. The molecule has 3 aromatic rings. The minimum absolute atomic E-state index is 0.0668. The van der Waals surface area contributed by atoms with Crippen LogP contribution in [0.25, 0.3) is 11.1 Å². The molecule has 4 rings (SSSR count). The third kappa shape index (κ3) is 3.11. The first-order valence-corrected chi connectivity index (χ1v) is 8.50. The lowest BCUT2D eigenvalue weighted by Crippen LogP contribution is -2.13. The molecule has 2 N–H and O–H groups in total. The summed E-state index contributed by atoms with van der Waals surface area (Å²) in [5, 5.41) is 5.47. The van der Waals surface area contributed by atoms with Gasteiger partial charge in [-0.15, -0.1) is 0 Å². The highest BCUT2D eigenvalue weighted by atomic mass is 16.2. The molecule has 0 aliphatic heterocycles. The van der Waals surface area contributed by atoms with Crippen LogP contribution in [0.3, 0.4) is 0 Å². The van der Waals surface area contributed by atoms with E-state index >= 15 is 0 Å². The molecule has 0 fully saturated rings. The predicted molar refractivity (Wildman–Crippen MR) is 104 cm³/mol. The third-order valence-electron chi connectivity index (χ3n) is 4.43. The molecule has 0 aromatic heterocycles. The Balaban J connectivity index is 1.60. The van der Waals surface area contributed by atoms with Crippen LogP contribution in [-0.2, 0) is 4.79 Å². The van der Waals surface area contributed by atoms with Gasteiger partial charge in [-0.3, -0.25) is 14.4 Å². The standard InChI is InChI=1S/C22H16N2O3/c1-13(25)23-15-5-4-6-16(12-15)24-22(27)14-9-10-18-17-7-2-3-8-19(17)21(26)20(18)11-14/h2-12H,1H3,(H,23,25)(H,24,27). The molecule has 0 heterocycles. The third-order valence-corrected chi connectivity index (χ3v) is 4.43. The fraction of sp³-hybridized carbons (Fsp3) is 0.0455. The lowest BCUT2D eigenvalue weighted by Gasteiger charge is -2.09. The first-order chi connectivity index (χ1) is 13.0. The van der Waals surface area contributed by atoms with E-state index in [9.17, 15) is 14.4 Å². The number of carbonyl (C=O) groups excluding carboxylic acids is 3. The van der Waals surface area contributed by atoms with Crippen LogP contribution in [0, 0.1) is 0 Å². The number of benzene rings is 3. The number of nitrogens with one attached hydrogen (secondary N) is 2. The van der Waals surface area contributed by atoms with E-state index < -0.39 is 0 Å². The average Bonchev–Trinajstić information content (AvgIpc) is 2.94. The van der Waals surface area contributed by atoms with Crippen molar-refractivity contribution in [1.82, 2.24) is 0 Å². The van der Waals surface area contributed by atoms with E-state index in [4.69, 9.17) is 0 Å². The SMILES string of the molecule is CC(=O)Nc1cccc(NC(=O)c2ccc3c(c2)C(=O)c2ccccc2-3)c1. The summed E-state index contributed by atoms with van der Waals surface area (Å²) >= 11 is 0. The van der Waals surface area contributed by atoms with Gasteiger partial charge in [0.15, 0.2) is 5.78 Å². The maximum atomic E-state index is 12.6. The van der Waals surface area contributed by atoms with E-state index in [-0.39, 0.29) is 17.6 Å². The van der Waals surface area contributed by atoms with Gasteiger partial charge in [0.1, 0.15) is 0 Å². The Morgan fingerprint density at radius 2 is 1.37 bits per heavy atom. The summed E-state index contributed by atoms with van der Waals surface area (Å²) in [7, 11) is 0. The molecule has 0 saturated heterocycles. The Morgan fingerprint density at radius 3 is 2.11 bits per heavy atom. The lowest BCUT2D eigenvalue weighted by atomic mass is 10.0. The van der Waals surface area contributed by atoms with Crippen LogP contribution in [0.15, 0.2) is 66.7 Å². The molecular formula is C22H16N2O3. The van der Waals surface area contributed by atoms with E-state index in [0.29, 0.717) is 28.1 Å². The number of rotatable bonds is 3. The Hall–Kier alpha value is -3.73. The van der Waals surface area contributed by atoms with Crippen molar-refractivity contribution in [3.05, 3.63) is 83.4 Å². The Labute approximate surface area is 156 Å². The van der Waals surface area contributed by atoms with Crippen molar-refractivity contribution in [3.63, 3.8) is 0 Å². The molecule has 132 valence electrons. The molecule has 0 atom stereocenters. The molecule has 0 spiro atoms. The van der Waals surface area contributed by atoms with Crippen LogP contribution in [0.4, 0.5) is 11.4 Å². The van der Waals surface area contributed by atoms with Gasteiger partial charge in [0, 0.05) is 35.0 Å². The monoisotopic (exact) mass is 356 g/mol. The lowest BCUT2D eigenvalue weighted by molar-refractivity contribution is -0.114. The number of hydrogen-bond acceptors (Lipinski definition) is 3. The summed E-state index contributed by atoms with van der Waals surface area (Å²) in [5.74, 6) is -0.570. The second-order valence-electron chi connectivity index (χ2n) is 6.35. The van der Waals surface area contributed by atoms with Crippen molar-refractivity contribution in [2.45, 2.75) is 6.92 Å². The summed E-state index contributed by atoms with van der Waals surface area (Å²) in [6.07, 6.45) is 0. The van der Waals surface area contributed by atoms with Crippen LogP contribution in [0.5, 0.6) is 0 Å². The van der Waals surface area contributed by atoms with Crippen molar-refractivity contribution in [1.29, 1.82) is 0 Å². The van der Waals surface area contributed by atoms with E-state index in [1.165, 1.54) is 6.92 Å². The maximum Gasteiger partial charge on any atom is 0.255 e. The van der Waals surface area contributed by atoms with Crippen LogP contribution >= 0.6 is 0 Å². The van der Waals surface area contributed by atoms with Gasteiger partial charge in [0.25, 0.3) is 5.91 Å². The summed E-state index contributed by atoms with van der Waals surface area (Å²) in [6.45, 7) is 1.42. The fourth-order valence-electron chi connectivity index (χ4n) is 3.25. The molecule has 1 aliphatic carbocycles. The molecule has 3 aromatic carbocycles. The molecule has 0 saturated carbocycles. The molecule has 1 aliphatic rings. The maximum absolute atomic E-state index is 12.6. The summed E-state index contributed by atoms with van der Waals surface area (Å²) in [6, 6.07) is 19.5. The summed E-state index contributed by atoms with van der Waals surface area (Å²) in [4.78, 5) is 36.4. The number of carbonyl (C=O) groups is 3. The van der Waals surface area contributed by atoms with Crippen molar-refractivity contribution >= 4 is 29.0 Å². The van der Waals surface area contributed by atoms with Crippen LogP contribution in [-0.4, -0.2) is 17.6 Å². The molecule has 5 nitrogen and oxygen atoms in total. The summed E-state index contributed by atoms with van der Waals surface area (Å²) in [5.41, 5.74) is 4.50. The van der Waals surface area contributed by atoms with Crippen LogP contribution < -0.4 is 10.6 Å². The largest absolute Gasteiger partial charge is 0.326 e. The molecule has 27 heavy (non-hydrogen) atoms. The zero-order valence-corrected chi connectivity index (χ0v) is 14.6. The molecule has 0 radical (unpaired) electrons. The molecule has 5 heteroatoms. The number of hydrogen-bond donors (Lipinski definition) is 2. The molecule has 0 unspecified atom stereocenters. The van der Waals surface area contributed by atoms with Gasteiger partial charge in [-0.25, -0.2) is 0 Å². The van der Waals surface area contributed by atoms with Crippen molar-refractivity contribution in [3.8, 4) is 11.1 Å². The highest BCUT2D eigenvalue weighted by Gasteiger charge is 2.27. The normalized spacial score (nSPS) is 11.5. The molecule has 2 amide bonds. The smallest absolute Gasteiger partial charge is 0.255 e. The fourth-order valence-corrected chi connectivity index (χ4v) is 3.25. The Kier molecular flexibility index (Phi) is 4.05. The predicted octanol–water partition coefficient (Wildman–Crippen LogP) is 4.11. The number of amides is 2. The topological polar surface area (TPSA) is 75.3 Å². The van der Waals surface area contributed by atoms with Gasteiger partial charge in [-0.2, -0.15) is 0 Å². The van der Waals surface area contributed by atoms with Crippen LogP contribution in [0.2, 0.25) is 0 Å². The van der Waals surface area contributed by atoms with Crippen molar-refractivity contribution < 1.29 is 14.4 Å². The van der Waals surface area contributed by atoms with E-state index in [1.807, 2.05) is 24.3 Å². The molecule has 0 bridgehead atoms. The zero-order valence-electron chi connectivity index (χ0n) is 14.6. The average molecular weight is 356 g/mol. The van der Waals surface area contributed by atoms with E-state index in [1.54, 1.807) is 42.5 Å². The summed E-state index contributed by atoms with van der Waals surface area (Å²) < 4.78 is 0. The highest BCUT2D eigenvalue weighted by molar-refractivity contribution is 6.22. The minimum atomic E-state index is -0.318. The van der Waals surface area contributed by atoms with Gasteiger partial charge in [-0.05, 0) is 41.5 Å². The van der Waals surface area contributed by atoms with Gasteiger partial charge in [-0.1, -0.05) is 36.4 Å². The Bertz CT molecular complexity index is 1100. The van der Waals surface area contributed by atoms with Gasteiger partial charge >= 0.3 is 0 Å². The van der Waals surface area contributed by atoms with Gasteiger partial charge in [0.05, 0.1) is 0 Å². The number of fused-ring (bicyclic) bond motifs is 3. The quantitative estimate of drug-likeness (QED) is 0.580. The van der Waals surface area contributed by atoms with Crippen molar-refractivity contribution in [2.75, 3.05) is 10.6 Å². The van der Waals surface area contributed by atoms with Gasteiger partial charge in [0.2, 0.25) is 5.91 Å². The molecular weight excluding hydrogens is 340 g/mol. The van der Waals surface area contributed by atoms with Crippen LogP contribution in [0.1, 0.15) is 33.2 Å². The minimum Gasteiger partial charge on any atom is -0.326 e. The van der Waals surface area contributed by atoms with E-state index in [0.717, 1.165) is 11.1 Å². The van der Waals surface area contributed by atoms with E-state index in [2.05, 4.69) is 10.6 Å². The van der Waals surface area contributed by atoms with Crippen molar-refractivity contribution in [2.24, 2.45) is 0 Å². The highest BCUT2D eigenvalue weighted by Crippen LogP contribution is 2.36. The number of ketones is 1. The Morgan fingerprint density at radius 1 is 0.704 bits per heavy atom. The first-order valence-electron chi connectivity index (χ1n) is 8.50. The zero-order chi connectivity index (χ0) is 19.0. The van der Waals surface area contributed by atoms with Gasteiger partial charge < -0.3 is 10.6 Å². The second kappa shape index (κ2) is 6.53.